The van der Waals surface area contributed by atoms with Gasteiger partial charge in [0.2, 0.25) is 5.79 Å². The molecule has 0 aliphatic rings. The van der Waals surface area contributed by atoms with Crippen molar-refractivity contribution in [1.29, 1.82) is 0 Å². The highest BCUT2D eigenvalue weighted by molar-refractivity contribution is 6.69. The summed E-state index contributed by atoms with van der Waals surface area (Å²) in [6.45, 7) is 11.6. The molecule has 4 heteroatoms. The van der Waals surface area contributed by atoms with Crippen LogP contribution < -0.4 is 0 Å². The fourth-order valence-electron chi connectivity index (χ4n) is 4.22. The smallest absolute Gasteiger partial charge is 0.232 e. The van der Waals surface area contributed by atoms with E-state index in [0.29, 0.717) is 13.2 Å². The highest BCUT2D eigenvalue weighted by atomic mass is 28.4. The lowest BCUT2D eigenvalue weighted by Crippen LogP contribution is -2.58. The zero-order valence-corrected chi connectivity index (χ0v) is 20.3. The van der Waals surface area contributed by atoms with Gasteiger partial charge in [0, 0.05) is 18.8 Å². The third-order valence-corrected chi connectivity index (χ3v) is 6.05. The summed E-state index contributed by atoms with van der Waals surface area (Å²) in [6.07, 6.45) is 0. The van der Waals surface area contributed by atoms with Gasteiger partial charge in [-0.3, -0.25) is 0 Å². The lowest BCUT2D eigenvalue weighted by atomic mass is 9.76. The number of hydrogen-bond acceptors (Lipinski definition) is 3. The van der Waals surface area contributed by atoms with Crippen LogP contribution in [0.2, 0.25) is 19.6 Å². The molecule has 0 amide bonds. The summed E-state index contributed by atoms with van der Waals surface area (Å²) in [5.74, 6) is -1.17. The Kier molecular flexibility index (Phi) is 7.49. The van der Waals surface area contributed by atoms with Crippen molar-refractivity contribution >= 4 is 8.32 Å². The fourth-order valence-corrected chi connectivity index (χ4v) is 5.50. The van der Waals surface area contributed by atoms with Gasteiger partial charge >= 0.3 is 0 Å². The summed E-state index contributed by atoms with van der Waals surface area (Å²) in [7, 11) is -2.12. The Morgan fingerprint density at radius 3 is 1.26 bits per heavy atom. The van der Waals surface area contributed by atoms with Crippen LogP contribution in [0.25, 0.3) is 0 Å². The van der Waals surface area contributed by atoms with Crippen LogP contribution in [0, 0.1) is 0 Å². The van der Waals surface area contributed by atoms with Gasteiger partial charge in [0.25, 0.3) is 0 Å². The zero-order chi connectivity index (χ0) is 22.4. The molecule has 0 aromatic heterocycles. The second kappa shape index (κ2) is 9.92. The number of benzene rings is 3. The van der Waals surface area contributed by atoms with Crippen LogP contribution in [0.15, 0.2) is 91.0 Å². The Morgan fingerprint density at radius 1 is 0.581 bits per heavy atom. The van der Waals surface area contributed by atoms with Crippen molar-refractivity contribution in [2.75, 3.05) is 13.2 Å². The molecule has 0 bridgehead atoms. The van der Waals surface area contributed by atoms with E-state index >= 15 is 0 Å². The molecular weight excluding hydrogens is 400 g/mol. The molecule has 0 atom stereocenters. The third kappa shape index (κ3) is 4.68. The van der Waals surface area contributed by atoms with Gasteiger partial charge in [0.1, 0.15) is 0 Å². The maximum Gasteiger partial charge on any atom is 0.232 e. The molecule has 31 heavy (non-hydrogen) atoms. The molecule has 0 N–H and O–H groups in total. The van der Waals surface area contributed by atoms with E-state index in [1.54, 1.807) is 0 Å². The van der Waals surface area contributed by atoms with Crippen molar-refractivity contribution in [3.05, 3.63) is 108 Å². The molecule has 0 heterocycles. The van der Waals surface area contributed by atoms with Crippen LogP contribution in [0.4, 0.5) is 0 Å². The first-order valence-electron chi connectivity index (χ1n) is 11.0. The van der Waals surface area contributed by atoms with Crippen molar-refractivity contribution in [1.82, 2.24) is 0 Å². The van der Waals surface area contributed by atoms with Crippen LogP contribution in [0.1, 0.15) is 30.5 Å². The SMILES string of the molecule is CCOC(OCC)(c1ccccc1)C(O[Si](C)(C)C)(c1ccccc1)c1ccccc1. The van der Waals surface area contributed by atoms with Gasteiger partial charge in [-0.05, 0) is 44.6 Å². The molecule has 0 spiro atoms. The van der Waals surface area contributed by atoms with Gasteiger partial charge in [-0.15, -0.1) is 0 Å². The lowest BCUT2D eigenvalue weighted by molar-refractivity contribution is -0.317. The molecule has 0 radical (unpaired) electrons. The second-order valence-corrected chi connectivity index (χ2v) is 12.9. The molecule has 0 unspecified atom stereocenters. The van der Waals surface area contributed by atoms with Crippen molar-refractivity contribution < 1.29 is 13.9 Å². The Bertz CT molecular complexity index is 875. The predicted octanol–water partition coefficient (Wildman–Crippen LogP) is 6.71. The average molecular weight is 435 g/mol. The van der Waals surface area contributed by atoms with Gasteiger partial charge in [0.15, 0.2) is 13.9 Å². The lowest BCUT2D eigenvalue weighted by Gasteiger charge is -2.52. The average Bonchev–Trinajstić information content (AvgIpc) is 2.78. The third-order valence-electron chi connectivity index (χ3n) is 5.13. The molecule has 0 saturated heterocycles. The molecule has 164 valence electrons. The Balaban J connectivity index is 2.49. The predicted molar refractivity (Wildman–Crippen MR) is 129 cm³/mol. The van der Waals surface area contributed by atoms with Crippen molar-refractivity contribution in [2.45, 2.75) is 44.9 Å². The van der Waals surface area contributed by atoms with Crippen molar-refractivity contribution in [2.24, 2.45) is 0 Å². The van der Waals surface area contributed by atoms with E-state index in [0.717, 1.165) is 16.7 Å². The summed E-state index contributed by atoms with van der Waals surface area (Å²) < 4.78 is 20.5. The molecule has 3 aromatic carbocycles. The second-order valence-electron chi connectivity index (χ2n) is 8.48. The number of rotatable bonds is 10. The van der Waals surface area contributed by atoms with E-state index in [2.05, 4.69) is 56.0 Å². The first-order chi connectivity index (χ1) is 14.9. The number of ether oxygens (including phenoxy) is 2. The minimum absolute atomic E-state index is 0.478. The first-order valence-corrected chi connectivity index (χ1v) is 14.4. The van der Waals surface area contributed by atoms with Crippen molar-refractivity contribution in [3.8, 4) is 0 Å². The van der Waals surface area contributed by atoms with Crippen LogP contribution >= 0.6 is 0 Å². The molecule has 3 aromatic rings. The van der Waals surface area contributed by atoms with E-state index in [-0.39, 0.29) is 0 Å². The molecular formula is C27H34O3Si. The molecule has 3 rings (SSSR count). The topological polar surface area (TPSA) is 27.7 Å². The minimum atomic E-state index is -2.12. The summed E-state index contributed by atoms with van der Waals surface area (Å²) in [5.41, 5.74) is 1.96. The molecule has 0 saturated carbocycles. The van der Waals surface area contributed by atoms with E-state index in [1.807, 2.05) is 68.4 Å². The van der Waals surface area contributed by atoms with Gasteiger partial charge in [-0.25, -0.2) is 0 Å². The molecule has 0 aliphatic heterocycles. The largest absolute Gasteiger partial charge is 0.399 e. The Hall–Kier alpha value is -2.24. The van der Waals surface area contributed by atoms with Crippen molar-refractivity contribution in [3.63, 3.8) is 0 Å². The van der Waals surface area contributed by atoms with Gasteiger partial charge < -0.3 is 13.9 Å². The molecule has 0 aliphatic carbocycles. The van der Waals surface area contributed by atoms with E-state index in [4.69, 9.17) is 13.9 Å². The van der Waals surface area contributed by atoms with Gasteiger partial charge in [-0.2, -0.15) is 0 Å². The maximum atomic E-state index is 7.21. The standard InChI is InChI=1S/C27H34O3Si/c1-6-28-27(29-7-2,25-21-15-10-16-22-25)26(30-31(3,4)5,23-17-11-8-12-18-23)24-19-13-9-14-20-24/h8-22H,6-7H2,1-5H3. The van der Waals surface area contributed by atoms with Crippen LogP contribution in [0.5, 0.6) is 0 Å². The molecule has 3 nitrogen and oxygen atoms in total. The highest BCUT2D eigenvalue weighted by Gasteiger charge is 2.59. The van der Waals surface area contributed by atoms with Crippen LogP contribution in [-0.4, -0.2) is 21.5 Å². The minimum Gasteiger partial charge on any atom is -0.399 e. The summed E-state index contributed by atoms with van der Waals surface area (Å²) in [4.78, 5) is 0. The summed E-state index contributed by atoms with van der Waals surface area (Å²) in [5, 5.41) is 0. The normalized spacial score (nSPS) is 12.7. The number of hydrogen-bond donors (Lipinski definition) is 0. The van der Waals surface area contributed by atoms with Gasteiger partial charge in [-0.1, -0.05) is 91.0 Å². The monoisotopic (exact) mass is 434 g/mol. The molecule has 0 fully saturated rings. The first kappa shape index (κ1) is 23.4. The van der Waals surface area contributed by atoms with E-state index in [9.17, 15) is 0 Å². The quantitative estimate of drug-likeness (QED) is 0.262. The zero-order valence-electron chi connectivity index (χ0n) is 19.3. The Labute approximate surface area is 188 Å². The van der Waals surface area contributed by atoms with E-state index < -0.39 is 19.7 Å². The van der Waals surface area contributed by atoms with Gasteiger partial charge in [0.05, 0.1) is 0 Å². The summed E-state index contributed by atoms with van der Waals surface area (Å²) >= 11 is 0. The van der Waals surface area contributed by atoms with Crippen LogP contribution in [0.3, 0.4) is 0 Å². The Morgan fingerprint density at radius 2 is 0.935 bits per heavy atom. The van der Waals surface area contributed by atoms with Crippen LogP contribution in [-0.2, 0) is 25.3 Å². The highest BCUT2D eigenvalue weighted by Crippen LogP contribution is 2.53. The summed E-state index contributed by atoms with van der Waals surface area (Å²) in [6, 6.07) is 30.9. The fraction of sp³-hybridized carbons (Fsp3) is 0.333. The van der Waals surface area contributed by atoms with E-state index in [1.165, 1.54) is 0 Å². The maximum absolute atomic E-state index is 7.21.